The SMILES string of the molecule is CC(CO)C(C)NC1CCOC2(CCCC2)C1. The smallest absolute Gasteiger partial charge is 0.0697 e. The van der Waals surface area contributed by atoms with Gasteiger partial charge in [0.25, 0.3) is 0 Å². The summed E-state index contributed by atoms with van der Waals surface area (Å²) < 4.78 is 6.04. The zero-order valence-electron chi connectivity index (χ0n) is 11.2. The summed E-state index contributed by atoms with van der Waals surface area (Å²) in [6, 6.07) is 0.965. The van der Waals surface area contributed by atoms with Crippen LogP contribution in [0.2, 0.25) is 0 Å². The van der Waals surface area contributed by atoms with E-state index in [1.807, 2.05) is 0 Å². The highest BCUT2D eigenvalue weighted by molar-refractivity contribution is 4.94. The molecule has 100 valence electrons. The van der Waals surface area contributed by atoms with Crippen molar-refractivity contribution in [1.82, 2.24) is 5.32 Å². The van der Waals surface area contributed by atoms with Crippen molar-refractivity contribution in [3.8, 4) is 0 Å². The fraction of sp³-hybridized carbons (Fsp3) is 1.00. The number of aliphatic hydroxyl groups excluding tert-OH is 1. The van der Waals surface area contributed by atoms with Crippen LogP contribution in [0.4, 0.5) is 0 Å². The zero-order chi connectivity index (χ0) is 12.3. The van der Waals surface area contributed by atoms with Crippen LogP contribution in [0.15, 0.2) is 0 Å². The molecule has 1 saturated carbocycles. The molecule has 0 aromatic heterocycles. The Kier molecular flexibility index (Phi) is 4.45. The highest BCUT2D eigenvalue weighted by Gasteiger charge is 2.40. The molecular formula is C14H27NO2. The molecule has 17 heavy (non-hydrogen) atoms. The number of ether oxygens (including phenoxy) is 1. The van der Waals surface area contributed by atoms with Crippen molar-refractivity contribution in [2.45, 2.75) is 70.1 Å². The first-order valence-corrected chi connectivity index (χ1v) is 7.16. The lowest BCUT2D eigenvalue weighted by Crippen LogP contribution is -2.49. The summed E-state index contributed by atoms with van der Waals surface area (Å²) in [5.41, 5.74) is 0.193. The maximum atomic E-state index is 9.17. The molecule has 0 aromatic rings. The van der Waals surface area contributed by atoms with Crippen molar-refractivity contribution in [1.29, 1.82) is 0 Å². The Hall–Kier alpha value is -0.120. The fourth-order valence-corrected chi connectivity index (χ4v) is 3.23. The molecule has 2 rings (SSSR count). The molecule has 1 saturated heterocycles. The van der Waals surface area contributed by atoms with Crippen LogP contribution in [0.3, 0.4) is 0 Å². The zero-order valence-corrected chi connectivity index (χ0v) is 11.2. The first kappa shape index (κ1) is 13.3. The van der Waals surface area contributed by atoms with Crippen molar-refractivity contribution in [2.24, 2.45) is 5.92 Å². The Labute approximate surface area is 105 Å². The summed E-state index contributed by atoms with van der Waals surface area (Å²) >= 11 is 0. The molecule has 3 heteroatoms. The Bertz CT molecular complexity index is 238. The number of aliphatic hydroxyl groups is 1. The van der Waals surface area contributed by atoms with E-state index in [2.05, 4.69) is 19.2 Å². The van der Waals surface area contributed by atoms with Gasteiger partial charge in [0.1, 0.15) is 0 Å². The predicted molar refractivity (Wildman–Crippen MR) is 69.0 cm³/mol. The average Bonchev–Trinajstić information content (AvgIpc) is 2.76. The molecule has 1 aliphatic carbocycles. The van der Waals surface area contributed by atoms with Crippen molar-refractivity contribution in [2.75, 3.05) is 13.2 Å². The monoisotopic (exact) mass is 241 g/mol. The maximum absolute atomic E-state index is 9.17. The lowest BCUT2D eigenvalue weighted by Gasteiger charge is -2.40. The van der Waals surface area contributed by atoms with Crippen LogP contribution in [0, 0.1) is 5.92 Å². The summed E-state index contributed by atoms with van der Waals surface area (Å²) in [6.45, 7) is 5.44. The van der Waals surface area contributed by atoms with Gasteiger partial charge in [-0.15, -0.1) is 0 Å². The molecule has 0 bridgehead atoms. The minimum Gasteiger partial charge on any atom is -0.396 e. The van der Waals surface area contributed by atoms with Gasteiger partial charge in [0.15, 0.2) is 0 Å². The van der Waals surface area contributed by atoms with E-state index in [1.54, 1.807) is 0 Å². The summed E-state index contributed by atoms with van der Waals surface area (Å²) in [4.78, 5) is 0. The summed E-state index contributed by atoms with van der Waals surface area (Å²) in [5.74, 6) is 0.331. The van der Waals surface area contributed by atoms with Gasteiger partial charge in [-0.3, -0.25) is 0 Å². The van der Waals surface area contributed by atoms with E-state index in [0.29, 0.717) is 18.0 Å². The Morgan fingerprint density at radius 1 is 1.35 bits per heavy atom. The quantitative estimate of drug-likeness (QED) is 0.792. The van der Waals surface area contributed by atoms with Gasteiger partial charge in [-0.05, 0) is 38.5 Å². The molecule has 2 aliphatic rings. The van der Waals surface area contributed by atoms with Crippen LogP contribution in [-0.4, -0.2) is 36.0 Å². The molecule has 0 radical (unpaired) electrons. The molecule has 2 N–H and O–H groups in total. The Morgan fingerprint density at radius 3 is 2.71 bits per heavy atom. The van der Waals surface area contributed by atoms with Crippen molar-refractivity contribution in [3.63, 3.8) is 0 Å². The Morgan fingerprint density at radius 2 is 2.06 bits per heavy atom. The lowest BCUT2D eigenvalue weighted by molar-refractivity contribution is -0.0852. The van der Waals surface area contributed by atoms with E-state index in [1.165, 1.54) is 25.7 Å². The van der Waals surface area contributed by atoms with Gasteiger partial charge in [0.2, 0.25) is 0 Å². The minimum absolute atomic E-state index is 0.193. The van der Waals surface area contributed by atoms with Crippen LogP contribution in [0.1, 0.15) is 52.4 Å². The Balaban J connectivity index is 1.85. The first-order chi connectivity index (χ1) is 8.15. The molecule has 1 heterocycles. The van der Waals surface area contributed by atoms with E-state index < -0.39 is 0 Å². The van der Waals surface area contributed by atoms with Crippen LogP contribution >= 0.6 is 0 Å². The molecule has 1 spiro atoms. The van der Waals surface area contributed by atoms with Gasteiger partial charge >= 0.3 is 0 Å². The third-order valence-electron chi connectivity index (χ3n) is 4.65. The largest absolute Gasteiger partial charge is 0.396 e. The van der Waals surface area contributed by atoms with Gasteiger partial charge in [-0.25, -0.2) is 0 Å². The van der Waals surface area contributed by atoms with E-state index in [9.17, 15) is 5.11 Å². The van der Waals surface area contributed by atoms with Crippen LogP contribution in [-0.2, 0) is 4.74 Å². The fourth-order valence-electron chi connectivity index (χ4n) is 3.23. The molecule has 0 aromatic carbocycles. The molecule has 0 amide bonds. The van der Waals surface area contributed by atoms with Gasteiger partial charge in [-0.2, -0.15) is 0 Å². The minimum atomic E-state index is 0.193. The second kappa shape index (κ2) is 5.68. The van der Waals surface area contributed by atoms with Crippen LogP contribution < -0.4 is 5.32 Å². The maximum Gasteiger partial charge on any atom is 0.0697 e. The third-order valence-corrected chi connectivity index (χ3v) is 4.65. The number of hydrogen-bond donors (Lipinski definition) is 2. The summed E-state index contributed by atoms with van der Waals surface area (Å²) in [7, 11) is 0. The molecule has 3 atom stereocenters. The highest BCUT2D eigenvalue weighted by atomic mass is 16.5. The topological polar surface area (TPSA) is 41.5 Å². The molecular weight excluding hydrogens is 214 g/mol. The normalized spacial score (nSPS) is 31.6. The van der Waals surface area contributed by atoms with Crippen molar-refractivity contribution in [3.05, 3.63) is 0 Å². The standard InChI is InChI=1S/C14H27NO2/c1-11(10-16)12(2)15-13-5-8-17-14(9-13)6-3-4-7-14/h11-13,15-16H,3-10H2,1-2H3. The van der Waals surface area contributed by atoms with Gasteiger partial charge in [-0.1, -0.05) is 19.8 Å². The lowest BCUT2D eigenvalue weighted by atomic mass is 9.88. The van der Waals surface area contributed by atoms with Crippen LogP contribution in [0.25, 0.3) is 0 Å². The molecule has 3 nitrogen and oxygen atoms in total. The van der Waals surface area contributed by atoms with Crippen molar-refractivity contribution < 1.29 is 9.84 Å². The summed E-state index contributed by atoms with van der Waals surface area (Å²) in [5, 5.41) is 12.9. The third kappa shape index (κ3) is 3.21. The second-order valence-corrected chi connectivity index (χ2v) is 6.04. The molecule has 2 fully saturated rings. The predicted octanol–water partition coefficient (Wildman–Crippen LogP) is 2.08. The molecule has 3 unspecified atom stereocenters. The van der Waals surface area contributed by atoms with Gasteiger partial charge in [0.05, 0.1) is 5.60 Å². The summed E-state index contributed by atoms with van der Waals surface area (Å²) in [6.07, 6.45) is 7.43. The molecule has 1 aliphatic heterocycles. The number of rotatable bonds is 4. The van der Waals surface area contributed by atoms with E-state index in [4.69, 9.17) is 4.74 Å². The highest BCUT2D eigenvalue weighted by Crippen LogP contribution is 2.40. The first-order valence-electron chi connectivity index (χ1n) is 7.16. The second-order valence-electron chi connectivity index (χ2n) is 6.04. The van der Waals surface area contributed by atoms with E-state index >= 15 is 0 Å². The van der Waals surface area contributed by atoms with Crippen LogP contribution in [0.5, 0.6) is 0 Å². The van der Waals surface area contributed by atoms with Gasteiger partial charge in [0, 0.05) is 25.3 Å². The number of hydrogen-bond acceptors (Lipinski definition) is 3. The number of nitrogens with one attached hydrogen (secondary N) is 1. The van der Waals surface area contributed by atoms with Crippen molar-refractivity contribution >= 4 is 0 Å². The van der Waals surface area contributed by atoms with Gasteiger partial charge < -0.3 is 15.2 Å². The van der Waals surface area contributed by atoms with E-state index in [-0.39, 0.29) is 12.2 Å². The van der Waals surface area contributed by atoms with E-state index in [0.717, 1.165) is 19.4 Å². The average molecular weight is 241 g/mol.